The number of carbonyl (C=O) groups is 1. The molecule has 0 aliphatic carbocycles. The number of aryl methyl sites for hydroxylation is 1. The molecule has 0 aliphatic rings. The second kappa shape index (κ2) is 11.4. The van der Waals surface area contributed by atoms with E-state index in [1.165, 1.54) is 7.11 Å². The van der Waals surface area contributed by atoms with E-state index in [-0.39, 0.29) is 5.84 Å². The van der Waals surface area contributed by atoms with E-state index in [1.807, 2.05) is 38.1 Å². The normalized spacial score (nSPS) is 12.7. The molecule has 3 rings (SSSR count). The number of rotatable bonds is 8. The maximum atomic E-state index is 12.4. The molecule has 0 atom stereocenters. The van der Waals surface area contributed by atoms with Gasteiger partial charge in [-0.1, -0.05) is 30.3 Å². The highest BCUT2D eigenvalue weighted by atomic mass is 16.5. The fraction of sp³-hybridized carbons (Fsp3) is 0.290. The van der Waals surface area contributed by atoms with Gasteiger partial charge in [0.1, 0.15) is 11.4 Å². The van der Waals surface area contributed by atoms with Crippen molar-refractivity contribution in [1.82, 2.24) is 10.3 Å². The van der Waals surface area contributed by atoms with Gasteiger partial charge in [-0.2, -0.15) is 10.3 Å². The highest BCUT2D eigenvalue weighted by molar-refractivity contribution is 6.05. The van der Waals surface area contributed by atoms with Crippen LogP contribution in [0.2, 0.25) is 0 Å². The molecule has 7 heteroatoms. The molecule has 0 unspecified atom stereocenters. The third-order valence-corrected chi connectivity index (χ3v) is 6.55. The highest BCUT2D eigenvalue weighted by Gasteiger charge is 2.26. The van der Waals surface area contributed by atoms with E-state index < -0.39 is 16.9 Å². The molecule has 2 aromatic carbocycles. The van der Waals surface area contributed by atoms with Crippen molar-refractivity contribution in [2.24, 2.45) is 10.7 Å². The lowest BCUT2D eigenvalue weighted by molar-refractivity contribution is -0.135. The van der Waals surface area contributed by atoms with Crippen LogP contribution in [0.4, 0.5) is 0 Å². The predicted octanol–water partition coefficient (Wildman–Crippen LogP) is 5.39. The minimum atomic E-state index is -1.05. The van der Waals surface area contributed by atoms with Crippen LogP contribution in [0.5, 0.6) is 0 Å². The number of aliphatic imine (C=N–C) groups is 1. The summed E-state index contributed by atoms with van der Waals surface area (Å²) in [5.74, 6) is -0.371. The third-order valence-electron chi connectivity index (χ3n) is 6.55. The highest BCUT2D eigenvalue weighted by Crippen LogP contribution is 2.32. The number of nitrogens with one attached hydrogen (secondary N) is 1. The second-order valence-electron chi connectivity index (χ2n) is 10.1. The molecule has 1 heterocycles. The van der Waals surface area contributed by atoms with Crippen molar-refractivity contribution in [2.45, 2.75) is 45.6 Å². The summed E-state index contributed by atoms with van der Waals surface area (Å²) < 4.78 is 5.20. The summed E-state index contributed by atoms with van der Waals surface area (Å²) in [5.41, 5.74) is 12.0. The number of aromatic nitrogens is 1. The molecule has 0 fully saturated rings. The van der Waals surface area contributed by atoms with Gasteiger partial charge in [-0.05, 0) is 92.3 Å². The summed E-state index contributed by atoms with van der Waals surface area (Å²) >= 11 is 0. The first-order chi connectivity index (χ1) is 17.9. The first-order valence-corrected chi connectivity index (χ1v) is 12.3. The van der Waals surface area contributed by atoms with Crippen molar-refractivity contribution in [1.29, 1.82) is 5.26 Å². The summed E-state index contributed by atoms with van der Waals surface area (Å²) in [6.07, 6.45) is 3.39. The Morgan fingerprint density at radius 1 is 1.08 bits per heavy atom. The van der Waals surface area contributed by atoms with Crippen LogP contribution >= 0.6 is 0 Å². The third kappa shape index (κ3) is 6.34. The maximum absolute atomic E-state index is 12.4. The van der Waals surface area contributed by atoms with Gasteiger partial charge in [-0.3, -0.25) is 9.78 Å². The quantitative estimate of drug-likeness (QED) is 0.311. The van der Waals surface area contributed by atoms with Gasteiger partial charge in [0, 0.05) is 32.1 Å². The zero-order valence-electron chi connectivity index (χ0n) is 23.1. The van der Waals surface area contributed by atoms with E-state index in [2.05, 4.69) is 58.6 Å². The van der Waals surface area contributed by atoms with Crippen molar-refractivity contribution < 1.29 is 9.53 Å². The lowest BCUT2D eigenvalue weighted by Gasteiger charge is -2.18. The molecule has 0 saturated heterocycles. The van der Waals surface area contributed by atoms with E-state index in [4.69, 9.17) is 10.5 Å². The molecule has 0 radical (unpaired) electrons. The second-order valence-corrected chi connectivity index (χ2v) is 10.1. The van der Waals surface area contributed by atoms with Crippen LogP contribution in [-0.2, 0) is 14.9 Å². The van der Waals surface area contributed by atoms with E-state index >= 15 is 0 Å². The van der Waals surface area contributed by atoms with Crippen molar-refractivity contribution in [3.05, 3.63) is 83.7 Å². The number of ether oxygens (including phenoxy) is 1. The molecule has 0 aliphatic heterocycles. The number of hydrogen-bond acceptors (Lipinski definition) is 5. The fourth-order valence-electron chi connectivity index (χ4n) is 3.80. The zero-order chi connectivity index (χ0) is 28.1. The van der Waals surface area contributed by atoms with Crippen LogP contribution in [0.25, 0.3) is 28.0 Å². The fourth-order valence-corrected chi connectivity index (χ4v) is 3.80. The standard InChI is InChI=1S/C31H35N5O2/c1-20-11-12-21(22-13-14-35-27(17-22)30(2,3)19-32)16-25(20)23-9-8-10-24(15-23)26(34-6)18-28(33)36-29(37)31(4,5)38-7/h8-18,34H,1-7H3,(H2,33,36,37)/b26-18-. The first-order valence-electron chi connectivity index (χ1n) is 12.3. The molecular formula is C31H35N5O2. The summed E-state index contributed by atoms with van der Waals surface area (Å²) in [4.78, 5) is 20.8. The first kappa shape index (κ1) is 28.3. The molecule has 3 N–H and O–H groups in total. The van der Waals surface area contributed by atoms with Gasteiger partial charge in [0.05, 0.1) is 17.2 Å². The zero-order valence-corrected chi connectivity index (χ0v) is 23.1. The number of amidine groups is 1. The Labute approximate surface area is 225 Å². The average molecular weight is 510 g/mol. The van der Waals surface area contributed by atoms with Crippen LogP contribution in [0.3, 0.4) is 0 Å². The molecule has 7 nitrogen and oxygen atoms in total. The number of carbonyl (C=O) groups excluding carboxylic acids is 1. The Kier molecular flexibility index (Phi) is 8.49. The SMILES string of the molecule is CN/C(=C\C(N)=NC(=O)C(C)(C)OC)c1cccc(-c2cc(-c3ccnc(C(C)(C)C#N)c3)ccc2C)c1. The number of nitrogens with two attached hydrogens (primary N) is 1. The van der Waals surface area contributed by atoms with Crippen molar-refractivity contribution >= 4 is 17.4 Å². The van der Waals surface area contributed by atoms with E-state index in [0.717, 1.165) is 44.8 Å². The number of methoxy groups -OCH3 is 1. The maximum Gasteiger partial charge on any atom is 0.279 e. The Hall–Kier alpha value is -4.28. The Bertz CT molecular complexity index is 1440. The van der Waals surface area contributed by atoms with Gasteiger partial charge in [-0.15, -0.1) is 0 Å². The monoisotopic (exact) mass is 509 g/mol. The van der Waals surface area contributed by atoms with Gasteiger partial charge in [0.25, 0.3) is 5.91 Å². The van der Waals surface area contributed by atoms with E-state index in [1.54, 1.807) is 33.2 Å². The van der Waals surface area contributed by atoms with Crippen molar-refractivity contribution in [3.8, 4) is 28.3 Å². The topological polar surface area (TPSA) is 113 Å². The van der Waals surface area contributed by atoms with Gasteiger partial charge >= 0.3 is 0 Å². The van der Waals surface area contributed by atoms with Crippen LogP contribution in [0.1, 0.15) is 44.5 Å². The average Bonchev–Trinajstić information content (AvgIpc) is 2.92. The molecule has 0 saturated carbocycles. The lowest BCUT2D eigenvalue weighted by Crippen LogP contribution is -2.33. The van der Waals surface area contributed by atoms with Crippen molar-refractivity contribution in [2.75, 3.05) is 14.2 Å². The van der Waals surface area contributed by atoms with Crippen molar-refractivity contribution in [3.63, 3.8) is 0 Å². The molecule has 0 spiro atoms. The minimum Gasteiger partial charge on any atom is -0.388 e. The number of benzene rings is 2. The molecule has 1 amide bonds. The van der Waals surface area contributed by atoms with Gasteiger partial charge in [0.2, 0.25) is 0 Å². The minimum absolute atomic E-state index is 0.0850. The van der Waals surface area contributed by atoms with Crippen LogP contribution in [-0.4, -0.2) is 36.5 Å². The molecule has 3 aromatic rings. The summed E-state index contributed by atoms with van der Waals surface area (Å²) in [5, 5.41) is 12.7. The molecule has 38 heavy (non-hydrogen) atoms. The van der Waals surface area contributed by atoms with Gasteiger partial charge in [-0.25, -0.2) is 0 Å². The predicted molar refractivity (Wildman–Crippen MR) is 153 cm³/mol. The molecule has 0 bridgehead atoms. The summed E-state index contributed by atoms with van der Waals surface area (Å²) in [6.45, 7) is 9.09. The van der Waals surface area contributed by atoms with Gasteiger partial charge in [0.15, 0.2) is 0 Å². The number of amides is 1. The van der Waals surface area contributed by atoms with E-state index in [9.17, 15) is 10.1 Å². The number of hydrogen-bond donors (Lipinski definition) is 2. The van der Waals surface area contributed by atoms with E-state index in [0.29, 0.717) is 0 Å². The Balaban J connectivity index is 2.01. The summed E-state index contributed by atoms with van der Waals surface area (Å²) in [6, 6.07) is 20.7. The van der Waals surface area contributed by atoms with Crippen LogP contribution in [0, 0.1) is 18.3 Å². The molecule has 1 aromatic heterocycles. The lowest BCUT2D eigenvalue weighted by atomic mass is 9.88. The number of pyridine rings is 1. The van der Waals surface area contributed by atoms with Gasteiger partial charge < -0.3 is 15.8 Å². The molecule has 196 valence electrons. The Morgan fingerprint density at radius 3 is 2.45 bits per heavy atom. The Morgan fingerprint density at radius 2 is 1.79 bits per heavy atom. The molecular weight excluding hydrogens is 474 g/mol. The number of nitrogens with zero attached hydrogens (tertiary/aromatic N) is 3. The van der Waals surface area contributed by atoms with Crippen LogP contribution < -0.4 is 11.1 Å². The summed E-state index contributed by atoms with van der Waals surface area (Å²) in [7, 11) is 3.25. The number of nitriles is 1. The van der Waals surface area contributed by atoms with Crippen LogP contribution in [0.15, 0.2) is 71.9 Å². The smallest absolute Gasteiger partial charge is 0.279 e. The largest absolute Gasteiger partial charge is 0.388 e.